The molecule has 0 saturated heterocycles. The molecule has 0 aromatic heterocycles. The highest BCUT2D eigenvalue weighted by molar-refractivity contribution is 5.59. The van der Waals surface area contributed by atoms with Crippen LogP contribution < -0.4 is 9.47 Å². The van der Waals surface area contributed by atoms with E-state index in [0.29, 0.717) is 11.5 Å². The molecule has 0 radical (unpaired) electrons. The zero-order chi connectivity index (χ0) is 20.5. The smallest absolute Gasteiger partial charge is 0.161 e. The van der Waals surface area contributed by atoms with Crippen molar-refractivity contribution in [2.24, 2.45) is 0 Å². The molecule has 3 aromatic rings. The molecule has 28 heavy (non-hydrogen) atoms. The van der Waals surface area contributed by atoms with Crippen molar-refractivity contribution in [1.29, 1.82) is 0 Å². The number of hydrogen-bond acceptors (Lipinski definition) is 4. The van der Waals surface area contributed by atoms with E-state index in [1.807, 2.05) is 56.3 Å². The SMILES string of the molecule is COc1cc(C(C)(c2ccccc2)c2cc(C)c(O)c(OC)c2)cc(C)c1O. The molecule has 0 spiro atoms. The molecule has 0 fully saturated rings. The maximum atomic E-state index is 10.3. The molecule has 0 unspecified atom stereocenters. The van der Waals surface area contributed by atoms with Gasteiger partial charge in [-0.25, -0.2) is 0 Å². The van der Waals surface area contributed by atoms with Crippen LogP contribution in [0.25, 0.3) is 0 Å². The Morgan fingerprint density at radius 3 is 1.50 bits per heavy atom. The molecule has 0 aliphatic rings. The van der Waals surface area contributed by atoms with Crippen molar-refractivity contribution in [1.82, 2.24) is 0 Å². The summed E-state index contributed by atoms with van der Waals surface area (Å²) in [7, 11) is 3.09. The number of phenols is 2. The van der Waals surface area contributed by atoms with E-state index in [-0.39, 0.29) is 11.5 Å². The summed E-state index contributed by atoms with van der Waals surface area (Å²) in [5.41, 5.74) is 3.93. The fourth-order valence-corrected chi connectivity index (χ4v) is 3.65. The zero-order valence-corrected chi connectivity index (χ0v) is 16.9. The van der Waals surface area contributed by atoms with Gasteiger partial charge in [0, 0.05) is 5.41 Å². The highest BCUT2D eigenvalue weighted by Crippen LogP contribution is 2.45. The minimum Gasteiger partial charge on any atom is -0.504 e. The van der Waals surface area contributed by atoms with Gasteiger partial charge < -0.3 is 19.7 Å². The van der Waals surface area contributed by atoms with Crippen molar-refractivity contribution < 1.29 is 19.7 Å². The van der Waals surface area contributed by atoms with Crippen molar-refractivity contribution >= 4 is 0 Å². The molecule has 0 amide bonds. The summed E-state index contributed by atoms with van der Waals surface area (Å²) in [5, 5.41) is 20.6. The number of ether oxygens (including phenoxy) is 2. The Balaban J connectivity index is 2.36. The summed E-state index contributed by atoms with van der Waals surface area (Å²) >= 11 is 0. The molecular formula is C24H26O4. The van der Waals surface area contributed by atoms with Gasteiger partial charge in [0.05, 0.1) is 14.2 Å². The lowest BCUT2D eigenvalue weighted by Crippen LogP contribution is -2.26. The van der Waals surface area contributed by atoms with Crippen LogP contribution in [-0.2, 0) is 5.41 Å². The van der Waals surface area contributed by atoms with Crippen LogP contribution in [0.15, 0.2) is 54.6 Å². The number of phenolic OH excluding ortho intramolecular Hbond substituents is 2. The summed E-state index contributed by atoms with van der Waals surface area (Å²) in [6.07, 6.45) is 0. The quantitative estimate of drug-likeness (QED) is 0.608. The number of hydrogen-bond donors (Lipinski definition) is 2. The Hall–Kier alpha value is -3.14. The largest absolute Gasteiger partial charge is 0.504 e. The van der Waals surface area contributed by atoms with E-state index in [9.17, 15) is 10.2 Å². The Morgan fingerprint density at radius 1 is 0.679 bits per heavy atom. The second-order valence-corrected chi connectivity index (χ2v) is 7.18. The van der Waals surface area contributed by atoms with Crippen LogP contribution in [0.1, 0.15) is 34.7 Å². The fourth-order valence-electron chi connectivity index (χ4n) is 3.65. The van der Waals surface area contributed by atoms with Crippen molar-refractivity contribution in [3.8, 4) is 23.0 Å². The minimum atomic E-state index is -0.557. The van der Waals surface area contributed by atoms with Crippen LogP contribution in [-0.4, -0.2) is 24.4 Å². The Labute approximate surface area is 166 Å². The number of methoxy groups -OCH3 is 2. The predicted molar refractivity (Wildman–Crippen MR) is 111 cm³/mol. The van der Waals surface area contributed by atoms with Crippen LogP contribution in [0.5, 0.6) is 23.0 Å². The summed E-state index contributed by atoms with van der Waals surface area (Å²) < 4.78 is 10.8. The Morgan fingerprint density at radius 2 is 1.11 bits per heavy atom. The molecule has 0 atom stereocenters. The van der Waals surface area contributed by atoms with Crippen molar-refractivity contribution in [2.75, 3.05) is 14.2 Å². The minimum absolute atomic E-state index is 0.140. The second kappa shape index (κ2) is 7.47. The molecule has 4 nitrogen and oxygen atoms in total. The molecule has 0 aliphatic carbocycles. The standard InChI is InChI=1S/C24H26O4/c1-15-11-18(13-20(27-4)22(15)25)24(3,17-9-7-6-8-10-17)19-12-16(2)23(26)21(14-19)28-5/h6-14,25-26H,1-5H3. The van der Waals surface area contributed by atoms with Crippen LogP contribution in [0, 0.1) is 13.8 Å². The summed E-state index contributed by atoms with van der Waals surface area (Å²) in [6, 6.07) is 17.8. The fraction of sp³-hybridized carbons (Fsp3) is 0.250. The first-order valence-corrected chi connectivity index (χ1v) is 9.14. The average Bonchev–Trinajstić information content (AvgIpc) is 2.71. The van der Waals surface area contributed by atoms with Gasteiger partial charge >= 0.3 is 0 Å². The lowest BCUT2D eigenvalue weighted by atomic mass is 9.70. The zero-order valence-electron chi connectivity index (χ0n) is 16.9. The molecule has 0 aliphatic heterocycles. The molecule has 0 saturated carbocycles. The first-order chi connectivity index (χ1) is 13.3. The molecule has 0 heterocycles. The van der Waals surface area contributed by atoms with Crippen LogP contribution in [0.4, 0.5) is 0 Å². The highest BCUT2D eigenvalue weighted by Gasteiger charge is 2.33. The third kappa shape index (κ3) is 3.15. The second-order valence-electron chi connectivity index (χ2n) is 7.18. The van der Waals surface area contributed by atoms with Crippen LogP contribution >= 0.6 is 0 Å². The molecule has 0 bridgehead atoms. The number of rotatable bonds is 5. The van der Waals surface area contributed by atoms with Gasteiger partial charge in [-0.2, -0.15) is 0 Å². The molecule has 3 rings (SSSR count). The summed E-state index contributed by atoms with van der Waals surface area (Å²) in [6.45, 7) is 5.84. The van der Waals surface area contributed by atoms with Crippen molar-refractivity contribution in [3.63, 3.8) is 0 Å². The lowest BCUT2D eigenvalue weighted by molar-refractivity contribution is 0.369. The van der Waals surface area contributed by atoms with Crippen molar-refractivity contribution in [2.45, 2.75) is 26.2 Å². The number of aryl methyl sites for hydroxylation is 2. The lowest BCUT2D eigenvalue weighted by Gasteiger charge is -2.33. The van der Waals surface area contributed by atoms with E-state index in [0.717, 1.165) is 27.8 Å². The van der Waals surface area contributed by atoms with Gasteiger partial charge in [-0.3, -0.25) is 0 Å². The molecular weight excluding hydrogens is 352 g/mol. The normalized spacial score (nSPS) is 11.3. The molecule has 3 aromatic carbocycles. The van der Waals surface area contributed by atoms with Crippen molar-refractivity contribution in [3.05, 3.63) is 82.4 Å². The van der Waals surface area contributed by atoms with Crippen LogP contribution in [0.3, 0.4) is 0 Å². The predicted octanol–water partition coefficient (Wildman–Crippen LogP) is 5.09. The highest BCUT2D eigenvalue weighted by atomic mass is 16.5. The number of aromatic hydroxyl groups is 2. The van der Waals surface area contributed by atoms with E-state index in [4.69, 9.17) is 9.47 Å². The summed E-state index contributed by atoms with van der Waals surface area (Å²) in [5.74, 6) is 1.14. The maximum Gasteiger partial charge on any atom is 0.161 e. The number of benzene rings is 3. The van der Waals surface area contributed by atoms with E-state index in [1.165, 1.54) is 0 Å². The Kier molecular flexibility index (Phi) is 5.23. The van der Waals surface area contributed by atoms with Gasteiger partial charge in [-0.1, -0.05) is 42.5 Å². The topological polar surface area (TPSA) is 58.9 Å². The molecule has 4 heteroatoms. The van der Waals surface area contributed by atoms with Gasteiger partial charge in [-0.05, 0) is 60.7 Å². The maximum absolute atomic E-state index is 10.3. The molecule has 2 N–H and O–H groups in total. The third-order valence-corrected chi connectivity index (χ3v) is 5.48. The van der Waals surface area contributed by atoms with Crippen LogP contribution in [0.2, 0.25) is 0 Å². The Bertz CT molecular complexity index is 934. The third-order valence-electron chi connectivity index (χ3n) is 5.48. The summed E-state index contributed by atoms with van der Waals surface area (Å²) in [4.78, 5) is 0. The van der Waals surface area contributed by atoms with Gasteiger partial charge in [0.15, 0.2) is 23.0 Å². The van der Waals surface area contributed by atoms with Gasteiger partial charge in [0.2, 0.25) is 0 Å². The monoisotopic (exact) mass is 378 g/mol. The van der Waals surface area contributed by atoms with E-state index in [2.05, 4.69) is 19.1 Å². The van der Waals surface area contributed by atoms with E-state index >= 15 is 0 Å². The van der Waals surface area contributed by atoms with Gasteiger partial charge in [0.25, 0.3) is 0 Å². The first kappa shape index (κ1) is 19.6. The molecule has 146 valence electrons. The van der Waals surface area contributed by atoms with E-state index < -0.39 is 5.41 Å². The average molecular weight is 378 g/mol. The van der Waals surface area contributed by atoms with Gasteiger partial charge in [0.1, 0.15) is 0 Å². The van der Waals surface area contributed by atoms with E-state index in [1.54, 1.807) is 14.2 Å². The first-order valence-electron chi connectivity index (χ1n) is 9.14. The van der Waals surface area contributed by atoms with Gasteiger partial charge in [-0.15, -0.1) is 0 Å².